The Morgan fingerprint density at radius 2 is 1.85 bits per heavy atom. The fourth-order valence-corrected chi connectivity index (χ4v) is 3.04. The van der Waals surface area contributed by atoms with Crippen molar-refractivity contribution in [1.29, 1.82) is 0 Å². The maximum atomic E-state index is 6.08. The Morgan fingerprint density at radius 1 is 1.04 bits per heavy atom. The molecule has 0 bridgehead atoms. The van der Waals surface area contributed by atoms with E-state index in [4.69, 9.17) is 28.4 Å². The van der Waals surface area contributed by atoms with E-state index in [2.05, 4.69) is 0 Å². The summed E-state index contributed by atoms with van der Waals surface area (Å²) in [6, 6.07) is 11.7. The molecule has 2 aliphatic rings. The van der Waals surface area contributed by atoms with Gasteiger partial charge in [-0.3, -0.25) is 0 Å². The highest BCUT2D eigenvalue weighted by Crippen LogP contribution is 2.36. The molecule has 0 N–H and O–H groups in total. The van der Waals surface area contributed by atoms with E-state index in [9.17, 15) is 0 Å². The molecule has 2 aromatic carbocycles. The van der Waals surface area contributed by atoms with Crippen molar-refractivity contribution < 1.29 is 28.4 Å². The summed E-state index contributed by atoms with van der Waals surface area (Å²) >= 11 is 0. The number of fused-ring (bicyclic) bond motifs is 1. The number of hydrogen-bond acceptors (Lipinski definition) is 6. The van der Waals surface area contributed by atoms with Crippen LogP contribution in [0.3, 0.4) is 0 Å². The Balaban J connectivity index is 1.41. The van der Waals surface area contributed by atoms with E-state index in [-0.39, 0.29) is 19.0 Å². The van der Waals surface area contributed by atoms with Gasteiger partial charge in [0.1, 0.15) is 12.2 Å². The minimum absolute atomic E-state index is 0.0713. The van der Waals surface area contributed by atoms with Crippen LogP contribution in [-0.4, -0.2) is 40.3 Å². The lowest BCUT2D eigenvalue weighted by Crippen LogP contribution is -2.11. The summed E-state index contributed by atoms with van der Waals surface area (Å²) < 4.78 is 33.0. The van der Waals surface area contributed by atoms with Crippen LogP contribution in [0.5, 0.6) is 23.0 Å². The first-order chi connectivity index (χ1) is 13.3. The van der Waals surface area contributed by atoms with Crippen LogP contribution in [0.25, 0.3) is 6.08 Å². The lowest BCUT2D eigenvalue weighted by atomic mass is 10.1. The molecular formula is C21H22O6. The Labute approximate surface area is 158 Å². The van der Waals surface area contributed by atoms with Crippen molar-refractivity contribution in [2.75, 3.05) is 34.2 Å². The maximum Gasteiger partial charge on any atom is 0.231 e. The van der Waals surface area contributed by atoms with Crippen molar-refractivity contribution in [2.24, 2.45) is 0 Å². The number of ether oxygens (including phenoxy) is 6. The zero-order valence-corrected chi connectivity index (χ0v) is 15.3. The Hall–Kier alpha value is -2.70. The fourth-order valence-electron chi connectivity index (χ4n) is 3.04. The largest absolute Gasteiger partial charge is 0.493 e. The molecule has 142 valence electrons. The standard InChI is InChI=1S/C21H22O6/c1-22-16-8-6-15(11-18(16)23-2)21(20-12-25-20)24-9-3-4-14-5-7-17-19(10-14)27-13-26-17/h3-8,10-11,20-21H,9,12-13H2,1-2H3/b4-3+/t20-,21-/m0/s1. The fraction of sp³-hybridized carbons (Fsp3) is 0.333. The van der Waals surface area contributed by atoms with Crippen LogP contribution in [0.4, 0.5) is 0 Å². The molecule has 27 heavy (non-hydrogen) atoms. The van der Waals surface area contributed by atoms with Gasteiger partial charge in [0, 0.05) is 0 Å². The first-order valence-corrected chi connectivity index (χ1v) is 8.80. The van der Waals surface area contributed by atoms with Gasteiger partial charge in [0.15, 0.2) is 23.0 Å². The predicted octanol–water partition coefficient (Wildman–Crippen LogP) is 3.60. The van der Waals surface area contributed by atoms with Gasteiger partial charge in [-0.2, -0.15) is 0 Å². The molecular weight excluding hydrogens is 348 g/mol. The number of methoxy groups -OCH3 is 2. The van der Waals surface area contributed by atoms with Gasteiger partial charge in [-0.15, -0.1) is 0 Å². The highest BCUT2D eigenvalue weighted by molar-refractivity contribution is 5.56. The molecule has 2 aliphatic heterocycles. The highest BCUT2D eigenvalue weighted by atomic mass is 16.7. The Morgan fingerprint density at radius 3 is 2.63 bits per heavy atom. The molecule has 0 aromatic heterocycles. The van der Waals surface area contributed by atoms with Crippen LogP contribution >= 0.6 is 0 Å². The minimum Gasteiger partial charge on any atom is -0.493 e. The summed E-state index contributed by atoms with van der Waals surface area (Å²) in [5, 5.41) is 0. The second-order valence-electron chi connectivity index (χ2n) is 6.26. The smallest absolute Gasteiger partial charge is 0.231 e. The highest BCUT2D eigenvalue weighted by Gasteiger charge is 2.35. The molecule has 0 aliphatic carbocycles. The van der Waals surface area contributed by atoms with E-state index >= 15 is 0 Å². The first kappa shape index (κ1) is 17.7. The van der Waals surface area contributed by atoms with Gasteiger partial charge in [-0.25, -0.2) is 0 Å². The average molecular weight is 370 g/mol. The molecule has 0 amide bonds. The van der Waals surface area contributed by atoms with Crippen molar-refractivity contribution in [3.63, 3.8) is 0 Å². The molecule has 1 saturated heterocycles. The second kappa shape index (κ2) is 7.90. The van der Waals surface area contributed by atoms with Gasteiger partial charge in [0.25, 0.3) is 0 Å². The molecule has 0 saturated carbocycles. The van der Waals surface area contributed by atoms with E-state index in [1.165, 1.54) is 0 Å². The quantitative estimate of drug-likeness (QED) is 0.662. The summed E-state index contributed by atoms with van der Waals surface area (Å²) in [7, 11) is 3.25. The van der Waals surface area contributed by atoms with Gasteiger partial charge < -0.3 is 28.4 Å². The summed E-state index contributed by atoms with van der Waals surface area (Å²) in [5.41, 5.74) is 2.04. The average Bonchev–Trinajstić information content (AvgIpc) is 3.43. The Kier molecular flexibility index (Phi) is 5.18. The van der Waals surface area contributed by atoms with Crippen molar-refractivity contribution in [2.45, 2.75) is 12.2 Å². The van der Waals surface area contributed by atoms with Crippen LogP contribution in [0.15, 0.2) is 42.5 Å². The zero-order chi connectivity index (χ0) is 18.6. The molecule has 0 radical (unpaired) electrons. The molecule has 2 heterocycles. The Bertz CT molecular complexity index is 827. The number of hydrogen-bond donors (Lipinski definition) is 0. The zero-order valence-electron chi connectivity index (χ0n) is 15.3. The lowest BCUT2D eigenvalue weighted by Gasteiger charge is -2.17. The summed E-state index contributed by atoms with van der Waals surface area (Å²) in [5.74, 6) is 2.93. The van der Waals surface area contributed by atoms with Crippen LogP contribution in [0.1, 0.15) is 17.2 Å². The molecule has 0 unspecified atom stereocenters. The predicted molar refractivity (Wildman–Crippen MR) is 99.6 cm³/mol. The molecule has 2 atom stereocenters. The van der Waals surface area contributed by atoms with Crippen LogP contribution in [-0.2, 0) is 9.47 Å². The van der Waals surface area contributed by atoms with Crippen LogP contribution in [0, 0.1) is 0 Å². The van der Waals surface area contributed by atoms with Gasteiger partial charge in [-0.1, -0.05) is 24.3 Å². The number of rotatable bonds is 8. The topological polar surface area (TPSA) is 58.7 Å². The van der Waals surface area contributed by atoms with E-state index in [0.717, 1.165) is 22.6 Å². The van der Waals surface area contributed by atoms with E-state index in [0.29, 0.717) is 24.7 Å². The van der Waals surface area contributed by atoms with Gasteiger partial charge in [0.2, 0.25) is 6.79 Å². The molecule has 6 nitrogen and oxygen atoms in total. The van der Waals surface area contributed by atoms with Gasteiger partial charge in [0.05, 0.1) is 27.4 Å². The lowest BCUT2D eigenvalue weighted by molar-refractivity contribution is 0.0510. The number of epoxide rings is 1. The van der Waals surface area contributed by atoms with Crippen molar-refractivity contribution >= 4 is 6.08 Å². The SMILES string of the molecule is COc1ccc([C@H](OC/C=C/c2ccc3c(c2)OCO3)[C@@H]2CO2)cc1OC. The molecule has 2 aromatic rings. The maximum absolute atomic E-state index is 6.08. The van der Waals surface area contributed by atoms with Crippen molar-refractivity contribution in [3.05, 3.63) is 53.6 Å². The third-order valence-electron chi connectivity index (χ3n) is 4.51. The molecule has 4 rings (SSSR count). The molecule has 0 spiro atoms. The summed E-state index contributed by atoms with van der Waals surface area (Å²) in [6.07, 6.45) is 3.91. The molecule has 1 fully saturated rings. The van der Waals surface area contributed by atoms with Gasteiger partial charge in [-0.05, 0) is 35.4 Å². The minimum atomic E-state index is -0.147. The summed E-state index contributed by atoms with van der Waals surface area (Å²) in [4.78, 5) is 0. The summed E-state index contributed by atoms with van der Waals surface area (Å²) in [6.45, 7) is 1.44. The third-order valence-corrected chi connectivity index (χ3v) is 4.51. The van der Waals surface area contributed by atoms with Crippen molar-refractivity contribution in [3.8, 4) is 23.0 Å². The van der Waals surface area contributed by atoms with Crippen LogP contribution < -0.4 is 18.9 Å². The van der Waals surface area contributed by atoms with Crippen LogP contribution in [0.2, 0.25) is 0 Å². The van der Waals surface area contributed by atoms with E-state index in [1.54, 1.807) is 14.2 Å². The van der Waals surface area contributed by atoms with Crippen molar-refractivity contribution in [1.82, 2.24) is 0 Å². The normalized spacial score (nSPS) is 18.5. The first-order valence-electron chi connectivity index (χ1n) is 8.80. The van der Waals surface area contributed by atoms with E-state index in [1.807, 2.05) is 48.6 Å². The monoisotopic (exact) mass is 370 g/mol. The molecule has 6 heteroatoms. The second-order valence-corrected chi connectivity index (χ2v) is 6.26. The van der Waals surface area contributed by atoms with Gasteiger partial charge >= 0.3 is 0 Å². The third kappa shape index (κ3) is 4.02. The van der Waals surface area contributed by atoms with E-state index < -0.39 is 0 Å². The number of benzene rings is 2.